The van der Waals surface area contributed by atoms with Crippen molar-refractivity contribution in [3.8, 4) is 0 Å². The van der Waals surface area contributed by atoms with Gasteiger partial charge in [-0.1, -0.05) is 27.7 Å². The van der Waals surface area contributed by atoms with Crippen molar-refractivity contribution in [3.63, 3.8) is 0 Å². The van der Waals surface area contributed by atoms with E-state index >= 15 is 0 Å². The fourth-order valence-electron chi connectivity index (χ4n) is 1.37. The molecule has 0 bridgehead atoms. The van der Waals surface area contributed by atoms with E-state index in [1.165, 1.54) is 0 Å². The van der Waals surface area contributed by atoms with Gasteiger partial charge in [-0.25, -0.2) is 4.98 Å². The molecule has 0 aliphatic carbocycles. The maximum Gasteiger partial charge on any atom is 0.416 e. The van der Waals surface area contributed by atoms with Gasteiger partial charge in [-0.15, -0.1) is 0 Å². The standard InChI is InChI=1S/C12H8BrF3N2S/c13-8-1-3-9(4-2-8)19-11-6-7(12(14,15)16)5-10(17)18-11/h1-6H,(H2,17,18). The van der Waals surface area contributed by atoms with Gasteiger partial charge >= 0.3 is 6.18 Å². The summed E-state index contributed by atoms with van der Waals surface area (Å²) >= 11 is 4.42. The molecule has 2 N–H and O–H groups in total. The van der Waals surface area contributed by atoms with Gasteiger partial charge in [0.15, 0.2) is 0 Å². The molecule has 2 rings (SSSR count). The van der Waals surface area contributed by atoms with Gasteiger partial charge in [-0.05, 0) is 36.4 Å². The maximum atomic E-state index is 12.6. The van der Waals surface area contributed by atoms with Crippen LogP contribution in [0.4, 0.5) is 19.0 Å². The summed E-state index contributed by atoms with van der Waals surface area (Å²) in [4.78, 5) is 4.68. The number of anilines is 1. The Morgan fingerprint density at radius 2 is 1.74 bits per heavy atom. The van der Waals surface area contributed by atoms with E-state index in [9.17, 15) is 13.2 Å². The molecule has 0 saturated carbocycles. The van der Waals surface area contributed by atoms with E-state index in [4.69, 9.17) is 5.73 Å². The first-order valence-corrected chi connectivity index (χ1v) is 6.74. The largest absolute Gasteiger partial charge is 0.416 e. The molecule has 0 radical (unpaired) electrons. The van der Waals surface area contributed by atoms with Gasteiger partial charge < -0.3 is 5.73 Å². The second kappa shape index (κ2) is 5.42. The van der Waals surface area contributed by atoms with Crippen molar-refractivity contribution in [1.82, 2.24) is 4.98 Å². The van der Waals surface area contributed by atoms with Crippen LogP contribution in [0.5, 0.6) is 0 Å². The van der Waals surface area contributed by atoms with Crippen LogP contribution >= 0.6 is 27.7 Å². The normalized spacial score (nSPS) is 11.6. The van der Waals surface area contributed by atoms with Crippen molar-refractivity contribution in [2.75, 3.05) is 5.73 Å². The number of nitrogen functional groups attached to an aromatic ring is 1. The quantitative estimate of drug-likeness (QED) is 0.862. The van der Waals surface area contributed by atoms with Crippen molar-refractivity contribution >= 4 is 33.5 Å². The lowest BCUT2D eigenvalue weighted by atomic mass is 10.2. The van der Waals surface area contributed by atoms with E-state index in [1.807, 2.05) is 0 Å². The van der Waals surface area contributed by atoms with Gasteiger partial charge in [-0.2, -0.15) is 13.2 Å². The third kappa shape index (κ3) is 3.87. The minimum Gasteiger partial charge on any atom is -0.384 e. The summed E-state index contributed by atoms with van der Waals surface area (Å²) < 4.78 is 38.8. The number of hydrogen-bond acceptors (Lipinski definition) is 3. The summed E-state index contributed by atoms with van der Waals surface area (Å²) in [7, 11) is 0. The second-order valence-corrected chi connectivity index (χ2v) is 5.68. The van der Waals surface area contributed by atoms with Gasteiger partial charge in [-0.3, -0.25) is 0 Å². The Morgan fingerprint density at radius 3 is 2.32 bits per heavy atom. The lowest BCUT2D eigenvalue weighted by Gasteiger charge is -2.09. The molecule has 0 aliphatic rings. The SMILES string of the molecule is Nc1cc(C(F)(F)F)cc(Sc2ccc(Br)cc2)n1. The van der Waals surface area contributed by atoms with Gasteiger partial charge in [0.25, 0.3) is 0 Å². The zero-order valence-electron chi connectivity index (χ0n) is 9.41. The number of rotatable bonds is 2. The Balaban J connectivity index is 2.30. The predicted octanol–water partition coefficient (Wildman–Crippen LogP) is 4.60. The third-order valence-corrected chi connectivity index (χ3v) is 3.64. The fourth-order valence-corrected chi connectivity index (χ4v) is 2.48. The van der Waals surface area contributed by atoms with Gasteiger partial charge in [0, 0.05) is 9.37 Å². The first-order valence-electron chi connectivity index (χ1n) is 5.13. The van der Waals surface area contributed by atoms with E-state index in [2.05, 4.69) is 20.9 Å². The molecule has 0 spiro atoms. The van der Waals surface area contributed by atoms with Crippen LogP contribution in [0.15, 0.2) is 50.8 Å². The van der Waals surface area contributed by atoms with Crippen LogP contribution in [-0.2, 0) is 6.18 Å². The van der Waals surface area contributed by atoms with E-state index in [-0.39, 0.29) is 10.8 Å². The first kappa shape index (κ1) is 14.2. The highest BCUT2D eigenvalue weighted by atomic mass is 79.9. The molecule has 0 atom stereocenters. The molecule has 0 unspecified atom stereocenters. The molecule has 19 heavy (non-hydrogen) atoms. The van der Waals surface area contributed by atoms with Crippen LogP contribution in [0.1, 0.15) is 5.56 Å². The van der Waals surface area contributed by atoms with Crippen LogP contribution in [0, 0.1) is 0 Å². The fraction of sp³-hybridized carbons (Fsp3) is 0.0833. The van der Waals surface area contributed by atoms with Crippen molar-refractivity contribution in [3.05, 3.63) is 46.4 Å². The smallest absolute Gasteiger partial charge is 0.384 e. The summed E-state index contributed by atoms with van der Waals surface area (Å²) in [5.74, 6) is -0.144. The number of pyridine rings is 1. The Hall–Kier alpha value is -1.21. The van der Waals surface area contributed by atoms with Gasteiger partial charge in [0.05, 0.1) is 5.56 Å². The number of benzene rings is 1. The maximum absolute atomic E-state index is 12.6. The number of aromatic nitrogens is 1. The minimum atomic E-state index is -4.42. The van der Waals surface area contributed by atoms with Crippen molar-refractivity contribution in [2.24, 2.45) is 0 Å². The van der Waals surface area contributed by atoms with E-state index in [1.54, 1.807) is 24.3 Å². The summed E-state index contributed by atoms with van der Waals surface area (Å²) in [6.45, 7) is 0. The zero-order chi connectivity index (χ0) is 14.0. The average Bonchev–Trinajstić information content (AvgIpc) is 2.30. The Labute approximate surface area is 120 Å². The summed E-state index contributed by atoms with van der Waals surface area (Å²) in [6.07, 6.45) is -4.42. The third-order valence-electron chi connectivity index (χ3n) is 2.19. The lowest BCUT2D eigenvalue weighted by Crippen LogP contribution is -2.07. The minimum absolute atomic E-state index is 0.144. The van der Waals surface area contributed by atoms with E-state index < -0.39 is 11.7 Å². The Morgan fingerprint density at radius 1 is 1.11 bits per heavy atom. The number of nitrogens with two attached hydrogens (primary N) is 1. The molecule has 2 aromatic rings. The zero-order valence-corrected chi connectivity index (χ0v) is 11.8. The lowest BCUT2D eigenvalue weighted by molar-refractivity contribution is -0.137. The first-order chi connectivity index (χ1) is 8.84. The van der Waals surface area contributed by atoms with Crippen LogP contribution in [0.25, 0.3) is 0 Å². The van der Waals surface area contributed by atoms with Crippen LogP contribution in [0.3, 0.4) is 0 Å². The molecule has 100 valence electrons. The Kier molecular flexibility index (Phi) is 4.05. The number of halogens is 4. The molecule has 0 amide bonds. The summed E-state index contributed by atoms with van der Waals surface area (Å²) in [5.41, 5.74) is 4.61. The Bertz CT molecular complexity index is 585. The van der Waals surface area contributed by atoms with Crippen molar-refractivity contribution in [1.29, 1.82) is 0 Å². The van der Waals surface area contributed by atoms with Gasteiger partial charge in [0.1, 0.15) is 10.8 Å². The number of nitrogens with zero attached hydrogens (tertiary/aromatic N) is 1. The molecule has 2 nitrogen and oxygen atoms in total. The molecular weight excluding hydrogens is 341 g/mol. The monoisotopic (exact) mass is 348 g/mol. The van der Waals surface area contributed by atoms with Crippen LogP contribution in [0.2, 0.25) is 0 Å². The van der Waals surface area contributed by atoms with Crippen LogP contribution in [-0.4, -0.2) is 4.98 Å². The van der Waals surface area contributed by atoms with Crippen molar-refractivity contribution < 1.29 is 13.2 Å². The number of alkyl halides is 3. The average molecular weight is 349 g/mol. The highest BCUT2D eigenvalue weighted by Crippen LogP contribution is 2.34. The van der Waals surface area contributed by atoms with Gasteiger partial charge in [0.2, 0.25) is 0 Å². The van der Waals surface area contributed by atoms with E-state index in [0.29, 0.717) is 0 Å². The van der Waals surface area contributed by atoms with Crippen molar-refractivity contribution in [2.45, 2.75) is 16.1 Å². The molecule has 0 saturated heterocycles. The molecule has 0 fully saturated rings. The molecular formula is C12H8BrF3N2S. The van der Waals surface area contributed by atoms with Crippen LogP contribution < -0.4 is 5.73 Å². The summed E-state index contributed by atoms with van der Waals surface area (Å²) in [6, 6.07) is 8.99. The highest BCUT2D eigenvalue weighted by Gasteiger charge is 2.31. The molecule has 1 aromatic heterocycles. The molecule has 7 heteroatoms. The molecule has 1 heterocycles. The number of hydrogen-bond donors (Lipinski definition) is 1. The summed E-state index contributed by atoms with van der Waals surface area (Å²) in [5, 5.41) is 0.217. The highest BCUT2D eigenvalue weighted by molar-refractivity contribution is 9.10. The molecule has 0 aliphatic heterocycles. The predicted molar refractivity (Wildman–Crippen MR) is 71.9 cm³/mol. The molecule has 1 aromatic carbocycles. The van der Waals surface area contributed by atoms with E-state index in [0.717, 1.165) is 33.3 Å². The topological polar surface area (TPSA) is 38.9 Å². The second-order valence-electron chi connectivity index (χ2n) is 3.67.